The van der Waals surface area contributed by atoms with Crippen molar-refractivity contribution in [1.29, 1.82) is 0 Å². The van der Waals surface area contributed by atoms with Crippen molar-refractivity contribution in [3.63, 3.8) is 0 Å². The molecular formula is C15H13BrN4O2. The summed E-state index contributed by atoms with van der Waals surface area (Å²) < 4.78 is 7.36. The maximum Gasteiger partial charge on any atom is 0.343 e. The number of hydrogen-bond acceptors (Lipinski definition) is 5. The minimum atomic E-state index is -0.506. The van der Waals surface area contributed by atoms with Crippen molar-refractivity contribution in [2.75, 3.05) is 12.3 Å². The quantitative estimate of drug-likeness (QED) is 0.726. The molecule has 2 heterocycles. The molecule has 0 aliphatic rings. The lowest BCUT2D eigenvalue weighted by Crippen LogP contribution is -2.12. The zero-order valence-electron chi connectivity index (χ0n) is 11.8. The second-order valence-electron chi connectivity index (χ2n) is 4.59. The van der Waals surface area contributed by atoms with Gasteiger partial charge in [0.15, 0.2) is 5.65 Å². The number of hydrogen-bond donors (Lipinski definition) is 1. The van der Waals surface area contributed by atoms with E-state index in [1.54, 1.807) is 6.92 Å². The number of carbonyl (C=O) groups excluding carboxylic acids is 1. The molecule has 6 nitrogen and oxygen atoms in total. The van der Waals surface area contributed by atoms with Gasteiger partial charge in [0.25, 0.3) is 0 Å². The zero-order chi connectivity index (χ0) is 15.7. The van der Waals surface area contributed by atoms with Crippen LogP contribution in [0.25, 0.3) is 16.9 Å². The van der Waals surface area contributed by atoms with Crippen LogP contribution in [0.2, 0.25) is 0 Å². The van der Waals surface area contributed by atoms with E-state index in [1.165, 1.54) is 10.7 Å². The molecule has 0 bridgehead atoms. The van der Waals surface area contributed by atoms with E-state index in [9.17, 15) is 4.79 Å². The number of nitrogen functional groups attached to an aromatic ring is 1. The molecule has 112 valence electrons. The summed E-state index contributed by atoms with van der Waals surface area (Å²) in [4.78, 5) is 16.1. The first-order valence-electron chi connectivity index (χ1n) is 6.67. The Morgan fingerprint density at radius 1 is 1.41 bits per heavy atom. The van der Waals surface area contributed by atoms with Gasteiger partial charge in [-0.25, -0.2) is 9.78 Å². The van der Waals surface area contributed by atoms with Crippen LogP contribution in [0, 0.1) is 0 Å². The molecule has 22 heavy (non-hydrogen) atoms. The Morgan fingerprint density at radius 3 is 2.95 bits per heavy atom. The molecule has 2 N–H and O–H groups in total. The van der Waals surface area contributed by atoms with E-state index in [0.29, 0.717) is 5.65 Å². The van der Waals surface area contributed by atoms with Crippen molar-refractivity contribution in [2.24, 2.45) is 0 Å². The van der Waals surface area contributed by atoms with Crippen LogP contribution >= 0.6 is 15.9 Å². The predicted molar refractivity (Wildman–Crippen MR) is 86.5 cm³/mol. The maximum absolute atomic E-state index is 11.8. The van der Waals surface area contributed by atoms with E-state index < -0.39 is 5.97 Å². The largest absolute Gasteiger partial charge is 0.462 e. The van der Waals surface area contributed by atoms with Gasteiger partial charge in [0, 0.05) is 22.3 Å². The molecule has 0 saturated heterocycles. The van der Waals surface area contributed by atoms with Crippen LogP contribution in [-0.4, -0.2) is 27.2 Å². The third-order valence-electron chi connectivity index (χ3n) is 3.14. The summed E-state index contributed by atoms with van der Waals surface area (Å²) in [5.41, 5.74) is 8.45. The number of esters is 1. The molecule has 0 radical (unpaired) electrons. The van der Waals surface area contributed by atoms with Gasteiger partial charge >= 0.3 is 5.97 Å². The summed E-state index contributed by atoms with van der Waals surface area (Å²) in [6, 6.07) is 9.56. The van der Waals surface area contributed by atoms with E-state index in [4.69, 9.17) is 10.5 Å². The monoisotopic (exact) mass is 360 g/mol. The SMILES string of the molecule is CCOC(=O)c1cnc2cc(-c3cccc(Br)c3)nn2c1N. The number of ether oxygens (including phenoxy) is 1. The third-order valence-corrected chi connectivity index (χ3v) is 3.63. The third kappa shape index (κ3) is 2.55. The number of rotatable bonds is 3. The topological polar surface area (TPSA) is 82.5 Å². The molecule has 3 aromatic rings. The number of nitrogens with zero attached hydrogens (tertiary/aromatic N) is 3. The molecule has 1 aromatic carbocycles. The minimum absolute atomic E-state index is 0.207. The Balaban J connectivity index is 2.10. The van der Waals surface area contributed by atoms with Gasteiger partial charge in [-0.15, -0.1) is 0 Å². The molecule has 0 amide bonds. The standard InChI is InChI=1S/C15H13BrN4O2/c1-2-22-15(21)11-8-18-13-7-12(19-20(13)14(11)17)9-4-3-5-10(16)6-9/h3-8H,2,17H2,1H3. The van der Waals surface area contributed by atoms with Gasteiger partial charge < -0.3 is 10.5 Å². The fraction of sp³-hybridized carbons (Fsp3) is 0.133. The van der Waals surface area contributed by atoms with Gasteiger partial charge in [0.1, 0.15) is 11.4 Å². The minimum Gasteiger partial charge on any atom is -0.462 e. The van der Waals surface area contributed by atoms with Gasteiger partial charge in [0.2, 0.25) is 0 Å². The van der Waals surface area contributed by atoms with Gasteiger partial charge in [-0.2, -0.15) is 9.61 Å². The highest BCUT2D eigenvalue weighted by molar-refractivity contribution is 9.10. The number of fused-ring (bicyclic) bond motifs is 1. The Hall–Kier alpha value is -2.41. The normalized spacial score (nSPS) is 10.8. The number of halogens is 1. The smallest absolute Gasteiger partial charge is 0.343 e. The number of carbonyl (C=O) groups is 1. The van der Waals surface area contributed by atoms with Crippen molar-refractivity contribution in [1.82, 2.24) is 14.6 Å². The number of aromatic nitrogens is 3. The van der Waals surface area contributed by atoms with E-state index in [-0.39, 0.29) is 18.0 Å². The molecule has 2 aromatic heterocycles. The first kappa shape index (κ1) is 14.5. The molecule has 0 spiro atoms. The molecule has 3 rings (SSSR count). The van der Waals surface area contributed by atoms with Crippen molar-refractivity contribution in [3.8, 4) is 11.3 Å². The van der Waals surface area contributed by atoms with Gasteiger partial charge in [-0.05, 0) is 19.1 Å². The summed E-state index contributed by atoms with van der Waals surface area (Å²) in [7, 11) is 0. The van der Waals surface area contributed by atoms with Crippen LogP contribution in [0.5, 0.6) is 0 Å². The Bertz CT molecular complexity index is 860. The number of nitrogens with two attached hydrogens (primary N) is 1. The second kappa shape index (κ2) is 5.76. The Morgan fingerprint density at radius 2 is 2.23 bits per heavy atom. The highest BCUT2D eigenvalue weighted by atomic mass is 79.9. The van der Waals surface area contributed by atoms with Crippen LogP contribution in [0.3, 0.4) is 0 Å². The summed E-state index contributed by atoms with van der Waals surface area (Å²) in [5, 5.41) is 4.43. The molecule has 0 saturated carbocycles. The second-order valence-corrected chi connectivity index (χ2v) is 5.50. The van der Waals surface area contributed by atoms with Crippen LogP contribution in [0.15, 0.2) is 41.0 Å². The van der Waals surface area contributed by atoms with Crippen LogP contribution in [-0.2, 0) is 4.74 Å². The lowest BCUT2D eigenvalue weighted by atomic mass is 10.2. The summed E-state index contributed by atoms with van der Waals surface area (Å²) >= 11 is 3.43. The molecule has 7 heteroatoms. The van der Waals surface area contributed by atoms with Crippen LogP contribution in [0.1, 0.15) is 17.3 Å². The Labute approximate surface area is 135 Å². The molecule has 0 aliphatic heterocycles. The van der Waals surface area contributed by atoms with E-state index in [1.807, 2.05) is 30.3 Å². The first-order valence-corrected chi connectivity index (χ1v) is 7.46. The lowest BCUT2D eigenvalue weighted by molar-refractivity contribution is 0.0526. The van der Waals surface area contributed by atoms with E-state index in [0.717, 1.165) is 15.7 Å². The highest BCUT2D eigenvalue weighted by Crippen LogP contribution is 2.24. The van der Waals surface area contributed by atoms with Crippen molar-refractivity contribution in [3.05, 3.63) is 46.6 Å². The fourth-order valence-electron chi connectivity index (χ4n) is 2.11. The van der Waals surface area contributed by atoms with Crippen LogP contribution in [0.4, 0.5) is 5.82 Å². The van der Waals surface area contributed by atoms with Crippen LogP contribution < -0.4 is 5.73 Å². The zero-order valence-corrected chi connectivity index (χ0v) is 13.4. The molecule has 0 atom stereocenters. The summed E-state index contributed by atoms with van der Waals surface area (Å²) in [6.07, 6.45) is 1.41. The van der Waals surface area contributed by atoms with Gasteiger partial charge in [-0.1, -0.05) is 28.1 Å². The van der Waals surface area contributed by atoms with Crippen molar-refractivity contribution >= 4 is 33.4 Å². The lowest BCUT2D eigenvalue weighted by Gasteiger charge is -2.05. The molecule has 0 fully saturated rings. The van der Waals surface area contributed by atoms with Crippen molar-refractivity contribution < 1.29 is 9.53 Å². The number of benzene rings is 1. The van der Waals surface area contributed by atoms with E-state index >= 15 is 0 Å². The summed E-state index contributed by atoms with van der Waals surface area (Å²) in [5.74, 6) is -0.293. The molecule has 0 unspecified atom stereocenters. The van der Waals surface area contributed by atoms with Gasteiger partial charge in [-0.3, -0.25) is 0 Å². The molecule has 0 aliphatic carbocycles. The first-order chi connectivity index (χ1) is 10.6. The fourth-order valence-corrected chi connectivity index (χ4v) is 2.51. The molecular weight excluding hydrogens is 348 g/mol. The van der Waals surface area contributed by atoms with Crippen molar-refractivity contribution in [2.45, 2.75) is 6.92 Å². The Kier molecular flexibility index (Phi) is 3.81. The summed E-state index contributed by atoms with van der Waals surface area (Å²) in [6.45, 7) is 2.01. The van der Waals surface area contributed by atoms with Gasteiger partial charge in [0.05, 0.1) is 12.3 Å². The highest BCUT2D eigenvalue weighted by Gasteiger charge is 2.16. The average Bonchev–Trinajstić information content (AvgIpc) is 2.93. The maximum atomic E-state index is 11.8. The average molecular weight is 361 g/mol. The number of anilines is 1. The van der Waals surface area contributed by atoms with E-state index in [2.05, 4.69) is 26.0 Å². The predicted octanol–water partition coefficient (Wildman–Crippen LogP) is 2.92.